The SMILES string of the molecule is C#CCCN(C(=O)CSC(=S)OCC)C(CC)C(=O)NC(C)(C)C. The number of ether oxygens (including phenoxy) is 1. The quantitative estimate of drug-likeness (QED) is 0.524. The molecule has 0 aromatic rings. The molecule has 0 radical (unpaired) electrons. The maximum absolute atomic E-state index is 12.6. The van der Waals surface area contributed by atoms with Crippen molar-refractivity contribution in [2.45, 2.75) is 59.0 Å². The molecule has 1 unspecified atom stereocenters. The van der Waals surface area contributed by atoms with E-state index in [-0.39, 0.29) is 23.1 Å². The Morgan fingerprint density at radius 3 is 2.46 bits per heavy atom. The van der Waals surface area contributed by atoms with Crippen LogP contribution in [0.2, 0.25) is 0 Å². The summed E-state index contributed by atoms with van der Waals surface area (Å²) in [5, 5.41) is 2.93. The van der Waals surface area contributed by atoms with E-state index in [9.17, 15) is 9.59 Å². The maximum Gasteiger partial charge on any atom is 0.243 e. The number of thioether (sulfide) groups is 1. The Labute approximate surface area is 155 Å². The molecule has 0 aliphatic carbocycles. The summed E-state index contributed by atoms with van der Waals surface area (Å²) in [6, 6.07) is -0.550. The number of hydrogen-bond donors (Lipinski definition) is 1. The van der Waals surface area contributed by atoms with Gasteiger partial charge in [0, 0.05) is 18.5 Å². The number of thiocarbonyl (C=S) groups is 1. The van der Waals surface area contributed by atoms with Crippen molar-refractivity contribution in [2.75, 3.05) is 18.9 Å². The summed E-state index contributed by atoms with van der Waals surface area (Å²) in [5.41, 5.74) is -0.364. The minimum atomic E-state index is -0.550. The van der Waals surface area contributed by atoms with Gasteiger partial charge in [0.2, 0.25) is 16.2 Å². The molecule has 0 aromatic carbocycles. The van der Waals surface area contributed by atoms with Gasteiger partial charge >= 0.3 is 0 Å². The van der Waals surface area contributed by atoms with Crippen LogP contribution < -0.4 is 5.32 Å². The first-order valence-corrected chi connectivity index (χ1v) is 9.40. The van der Waals surface area contributed by atoms with Gasteiger partial charge in [-0.2, -0.15) is 0 Å². The van der Waals surface area contributed by atoms with Gasteiger partial charge in [0.05, 0.1) is 12.4 Å². The fraction of sp³-hybridized carbons (Fsp3) is 0.706. The smallest absolute Gasteiger partial charge is 0.243 e. The molecule has 0 rings (SSSR count). The average molecular weight is 373 g/mol. The van der Waals surface area contributed by atoms with Gasteiger partial charge in [-0.05, 0) is 46.3 Å². The topological polar surface area (TPSA) is 58.6 Å². The lowest BCUT2D eigenvalue weighted by molar-refractivity contribution is -0.139. The molecule has 0 bridgehead atoms. The molecule has 0 aliphatic rings. The van der Waals surface area contributed by atoms with E-state index in [1.165, 1.54) is 0 Å². The summed E-state index contributed by atoms with van der Waals surface area (Å²) in [4.78, 5) is 26.6. The summed E-state index contributed by atoms with van der Waals surface area (Å²) in [7, 11) is 0. The number of nitrogens with one attached hydrogen (secondary N) is 1. The predicted octanol–water partition coefficient (Wildman–Crippen LogP) is 2.59. The number of terminal acetylenes is 1. The van der Waals surface area contributed by atoms with Gasteiger partial charge < -0.3 is 15.0 Å². The molecule has 1 atom stereocenters. The molecule has 0 saturated heterocycles. The third-order valence-electron chi connectivity index (χ3n) is 2.96. The molecule has 7 heteroatoms. The zero-order valence-electron chi connectivity index (χ0n) is 15.2. The molecule has 0 aliphatic heterocycles. The third-order valence-corrected chi connectivity index (χ3v) is 4.17. The molecule has 0 saturated carbocycles. The van der Waals surface area contributed by atoms with E-state index in [0.29, 0.717) is 30.4 Å². The minimum absolute atomic E-state index is 0.128. The Kier molecular flexibility index (Phi) is 10.7. The summed E-state index contributed by atoms with van der Waals surface area (Å²) in [6.07, 6.45) is 6.23. The third kappa shape index (κ3) is 9.14. The second kappa shape index (κ2) is 11.3. The standard InChI is InChI=1S/C17H28N2O3S2/c1-7-10-11-19(14(20)12-24-16(23)22-9-3)13(8-2)15(21)18-17(4,5)6/h1,13H,8-12H2,2-6H3,(H,18,21). The van der Waals surface area contributed by atoms with Gasteiger partial charge in [0.25, 0.3) is 0 Å². The molecular weight excluding hydrogens is 344 g/mol. The number of carbonyl (C=O) groups is 2. The lowest BCUT2D eigenvalue weighted by Gasteiger charge is -2.32. The Morgan fingerprint density at radius 1 is 1.38 bits per heavy atom. The first-order chi connectivity index (χ1) is 11.2. The van der Waals surface area contributed by atoms with Crippen molar-refractivity contribution in [1.29, 1.82) is 0 Å². The summed E-state index contributed by atoms with van der Waals surface area (Å²) in [6.45, 7) is 10.2. The Hall–Kier alpha value is -1.26. The molecule has 5 nitrogen and oxygen atoms in total. The first-order valence-electron chi connectivity index (χ1n) is 8.00. The van der Waals surface area contributed by atoms with E-state index in [4.69, 9.17) is 23.4 Å². The van der Waals surface area contributed by atoms with Gasteiger partial charge in [-0.15, -0.1) is 12.3 Å². The van der Waals surface area contributed by atoms with Crippen LogP contribution in [0.3, 0.4) is 0 Å². The molecule has 24 heavy (non-hydrogen) atoms. The zero-order valence-corrected chi connectivity index (χ0v) is 16.8. The molecule has 2 amide bonds. The van der Waals surface area contributed by atoms with E-state index < -0.39 is 6.04 Å². The van der Waals surface area contributed by atoms with Crippen LogP contribution in [0.5, 0.6) is 0 Å². The molecule has 1 N–H and O–H groups in total. The van der Waals surface area contributed by atoms with Crippen molar-refractivity contribution in [2.24, 2.45) is 0 Å². The Balaban J connectivity index is 5.05. The maximum atomic E-state index is 12.6. The second-order valence-electron chi connectivity index (χ2n) is 6.18. The first kappa shape index (κ1) is 22.7. The van der Waals surface area contributed by atoms with Gasteiger partial charge in [0.1, 0.15) is 6.04 Å². The monoisotopic (exact) mass is 372 g/mol. The number of hydrogen-bond acceptors (Lipinski definition) is 5. The number of carbonyl (C=O) groups excluding carboxylic acids is 2. The van der Waals surface area contributed by atoms with Crippen LogP contribution in [0.1, 0.15) is 47.5 Å². The Morgan fingerprint density at radius 2 is 2.00 bits per heavy atom. The van der Waals surface area contributed by atoms with Crippen molar-refractivity contribution < 1.29 is 14.3 Å². The fourth-order valence-electron chi connectivity index (χ4n) is 2.00. The highest BCUT2D eigenvalue weighted by atomic mass is 32.2. The number of rotatable bonds is 8. The van der Waals surface area contributed by atoms with E-state index in [1.54, 1.807) is 4.90 Å². The van der Waals surface area contributed by atoms with Crippen molar-refractivity contribution >= 4 is 40.2 Å². The van der Waals surface area contributed by atoms with Crippen molar-refractivity contribution in [3.63, 3.8) is 0 Å². The highest BCUT2D eigenvalue weighted by Gasteiger charge is 2.30. The van der Waals surface area contributed by atoms with E-state index >= 15 is 0 Å². The second-order valence-corrected chi connectivity index (χ2v) is 7.75. The summed E-state index contributed by atoms with van der Waals surface area (Å²) < 4.78 is 5.49. The largest absolute Gasteiger partial charge is 0.479 e. The van der Waals surface area contributed by atoms with Crippen LogP contribution in [-0.2, 0) is 14.3 Å². The predicted molar refractivity (Wildman–Crippen MR) is 104 cm³/mol. The van der Waals surface area contributed by atoms with Crippen LogP contribution in [0.25, 0.3) is 0 Å². The van der Waals surface area contributed by atoms with E-state index in [0.717, 1.165) is 11.8 Å². The van der Waals surface area contributed by atoms with Crippen LogP contribution in [0.15, 0.2) is 0 Å². The van der Waals surface area contributed by atoms with Gasteiger partial charge in [0.15, 0.2) is 0 Å². The normalized spacial score (nSPS) is 12.0. The minimum Gasteiger partial charge on any atom is -0.479 e. The van der Waals surface area contributed by atoms with Crippen LogP contribution in [-0.4, -0.2) is 51.6 Å². The van der Waals surface area contributed by atoms with Gasteiger partial charge in [-0.1, -0.05) is 18.7 Å². The lowest BCUT2D eigenvalue weighted by atomic mass is 10.1. The molecule has 136 valence electrons. The van der Waals surface area contributed by atoms with Gasteiger partial charge in [-0.25, -0.2) is 0 Å². The highest BCUT2D eigenvalue weighted by molar-refractivity contribution is 8.23. The summed E-state index contributed by atoms with van der Waals surface area (Å²) in [5.74, 6) is 2.30. The van der Waals surface area contributed by atoms with Crippen molar-refractivity contribution in [1.82, 2.24) is 10.2 Å². The molecule has 0 heterocycles. The molecular formula is C17H28N2O3S2. The van der Waals surface area contributed by atoms with E-state index in [1.807, 2.05) is 34.6 Å². The fourth-order valence-corrected chi connectivity index (χ4v) is 2.91. The van der Waals surface area contributed by atoms with Crippen molar-refractivity contribution in [3.05, 3.63) is 0 Å². The van der Waals surface area contributed by atoms with Crippen LogP contribution in [0.4, 0.5) is 0 Å². The molecule has 0 spiro atoms. The number of nitrogens with zero attached hydrogens (tertiary/aromatic N) is 1. The number of amides is 2. The van der Waals surface area contributed by atoms with Crippen LogP contribution in [0, 0.1) is 12.3 Å². The molecule has 0 aromatic heterocycles. The van der Waals surface area contributed by atoms with Crippen molar-refractivity contribution in [3.8, 4) is 12.3 Å². The average Bonchev–Trinajstić information content (AvgIpc) is 2.47. The van der Waals surface area contributed by atoms with Crippen LogP contribution >= 0.6 is 24.0 Å². The lowest BCUT2D eigenvalue weighted by Crippen LogP contribution is -2.54. The zero-order chi connectivity index (χ0) is 18.8. The summed E-state index contributed by atoms with van der Waals surface area (Å²) >= 11 is 6.18. The van der Waals surface area contributed by atoms with Gasteiger partial charge in [-0.3, -0.25) is 9.59 Å². The van der Waals surface area contributed by atoms with E-state index in [2.05, 4.69) is 11.2 Å². The highest BCUT2D eigenvalue weighted by Crippen LogP contribution is 2.13. The Bertz CT molecular complexity index is 481. The molecule has 0 fully saturated rings.